The number of hydrogen-bond donors (Lipinski definition) is 1. The van der Waals surface area contributed by atoms with Gasteiger partial charge in [-0.25, -0.2) is 18.7 Å². The van der Waals surface area contributed by atoms with Gasteiger partial charge in [0.05, 0.1) is 23.7 Å². The molecule has 4 aromatic rings. The fourth-order valence-corrected chi connectivity index (χ4v) is 7.43. The standard InChI is InChI=1S/C38H43F2N3O3/c1-5-12-23(6-2)24(7-3)16-18-45-32-21-31-34-37(41-32)35(40)36(42-38(34)46-22-26-13-10-9-11-17-43(26)31)29-20-27(44)19-25-14-15-30(39)28(8-4)33(25)29/h2,14-15,19-21,23-24,26,44H,5,7-13,16-18,22H2,1,3-4H3. The number of terminal acetylenes is 1. The van der Waals surface area contributed by atoms with Crippen molar-refractivity contribution in [1.82, 2.24) is 9.97 Å². The normalized spacial score (nSPS) is 17.5. The molecule has 1 fully saturated rings. The Hall–Kier alpha value is -4.12. The van der Waals surface area contributed by atoms with Gasteiger partial charge in [-0.05, 0) is 72.6 Å². The number of pyridine rings is 2. The Kier molecular flexibility index (Phi) is 9.49. The second kappa shape index (κ2) is 13.7. The van der Waals surface area contributed by atoms with Crippen LogP contribution in [0.3, 0.4) is 0 Å². The minimum absolute atomic E-state index is 0.0427. The van der Waals surface area contributed by atoms with Crippen LogP contribution in [0.4, 0.5) is 14.5 Å². The Labute approximate surface area is 270 Å². The Balaban J connectivity index is 1.51. The van der Waals surface area contributed by atoms with Gasteiger partial charge in [0, 0.05) is 24.1 Å². The van der Waals surface area contributed by atoms with Gasteiger partial charge in [0.25, 0.3) is 0 Å². The first-order chi connectivity index (χ1) is 22.4. The van der Waals surface area contributed by atoms with Gasteiger partial charge >= 0.3 is 0 Å². The van der Waals surface area contributed by atoms with Crippen LogP contribution in [0.2, 0.25) is 0 Å². The van der Waals surface area contributed by atoms with E-state index in [1.54, 1.807) is 12.1 Å². The Bertz CT molecular complexity index is 1790. The summed E-state index contributed by atoms with van der Waals surface area (Å²) in [7, 11) is 0. The molecule has 0 aliphatic carbocycles. The number of aryl methyl sites for hydroxylation is 1. The summed E-state index contributed by atoms with van der Waals surface area (Å²) in [6.45, 7) is 7.76. The van der Waals surface area contributed by atoms with Gasteiger partial charge in [0.15, 0.2) is 5.82 Å². The lowest BCUT2D eigenvalue weighted by Crippen LogP contribution is -2.38. The van der Waals surface area contributed by atoms with E-state index in [1.165, 1.54) is 12.1 Å². The molecule has 1 saturated heterocycles. The SMILES string of the molecule is C#CC(CCC)C(CC)CCOc1cc2c3c(nc(-c4cc(O)cc5ccc(F)c(CC)c45)c(F)c3n1)OCC1CCCCCN21. The summed E-state index contributed by atoms with van der Waals surface area (Å²) < 4.78 is 44.7. The quantitative estimate of drug-likeness (QED) is 0.177. The number of ether oxygens (including phenoxy) is 2. The van der Waals surface area contributed by atoms with Crippen LogP contribution >= 0.6 is 0 Å². The van der Waals surface area contributed by atoms with E-state index in [1.807, 2.05) is 13.0 Å². The monoisotopic (exact) mass is 627 g/mol. The zero-order valence-electron chi connectivity index (χ0n) is 27.0. The fraction of sp³-hybridized carbons (Fsp3) is 0.474. The summed E-state index contributed by atoms with van der Waals surface area (Å²) in [6.07, 6.45) is 14.1. The lowest BCUT2D eigenvalue weighted by molar-refractivity contribution is 0.240. The van der Waals surface area contributed by atoms with Crippen LogP contribution in [0.5, 0.6) is 17.5 Å². The summed E-state index contributed by atoms with van der Waals surface area (Å²) in [5.74, 6) is 2.97. The molecule has 2 aromatic heterocycles. The predicted molar refractivity (Wildman–Crippen MR) is 180 cm³/mol. The Morgan fingerprint density at radius 1 is 1.09 bits per heavy atom. The van der Waals surface area contributed by atoms with E-state index in [4.69, 9.17) is 25.9 Å². The highest BCUT2D eigenvalue weighted by Crippen LogP contribution is 2.45. The molecule has 1 N–H and O–H groups in total. The summed E-state index contributed by atoms with van der Waals surface area (Å²) >= 11 is 0. The van der Waals surface area contributed by atoms with Crippen LogP contribution in [0.25, 0.3) is 32.9 Å². The van der Waals surface area contributed by atoms with Crippen molar-refractivity contribution in [2.24, 2.45) is 11.8 Å². The highest BCUT2D eigenvalue weighted by atomic mass is 19.1. The van der Waals surface area contributed by atoms with Crippen LogP contribution < -0.4 is 14.4 Å². The molecule has 0 radical (unpaired) electrons. The number of anilines is 1. The Morgan fingerprint density at radius 2 is 1.93 bits per heavy atom. The molecule has 2 aromatic carbocycles. The Morgan fingerprint density at radius 3 is 2.70 bits per heavy atom. The van der Waals surface area contributed by atoms with Crippen LogP contribution in [0.1, 0.15) is 77.7 Å². The molecule has 242 valence electrons. The third kappa shape index (κ3) is 5.92. The second-order valence-electron chi connectivity index (χ2n) is 12.6. The fourth-order valence-electron chi connectivity index (χ4n) is 7.43. The molecule has 3 atom stereocenters. The molecular formula is C38H43F2N3O3. The van der Waals surface area contributed by atoms with Crippen LogP contribution in [-0.2, 0) is 6.42 Å². The first-order valence-electron chi connectivity index (χ1n) is 16.8. The van der Waals surface area contributed by atoms with Crippen molar-refractivity contribution in [2.45, 2.75) is 84.6 Å². The molecule has 46 heavy (non-hydrogen) atoms. The van der Waals surface area contributed by atoms with Crippen LogP contribution in [0, 0.1) is 35.8 Å². The number of phenols is 1. The van der Waals surface area contributed by atoms with Gasteiger partial charge in [-0.15, -0.1) is 12.3 Å². The van der Waals surface area contributed by atoms with E-state index in [9.17, 15) is 5.11 Å². The average Bonchev–Trinajstić information content (AvgIpc) is 3.38. The highest BCUT2D eigenvalue weighted by molar-refractivity contribution is 6.04. The molecule has 0 saturated carbocycles. The van der Waals surface area contributed by atoms with Crippen molar-refractivity contribution in [3.63, 3.8) is 0 Å². The number of rotatable bonds is 10. The number of hydrogen-bond acceptors (Lipinski definition) is 6. The van der Waals surface area contributed by atoms with E-state index in [0.717, 1.165) is 63.6 Å². The van der Waals surface area contributed by atoms with Crippen molar-refractivity contribution in [2.75, 3.05) is 24.7 Å². The number of halogens is 2. The molecule has 0 spiro atoms. The lowest BCUT2D eigenvalue weighted by atomic mass is 9.85. The summed E-state index contributed by atoms with van der Waals surface area (Å²) in [5.41, 5.74) is 1.57. The predicted octanol–water partition coefficient (Wildman–Crippen LogP) is 8.98. The van der Waals surface area contributed by atoms with Crippen molar-refractivity contribution < 1.29 is 23.4 Å². The van der Waals surface area contributed by atoms with E-state index >= 15 is 8.78 Å². The number of nitrogens with zero attached hydrogens (tertiary/aromatic N) is 3. The molecule has 6 rings (SSSR count). The second-order valence-corrected chi connectivity index (χ2v) is 12.6. The van der Waals surface area contributed by atoms with Crippen LogP contribution in [0.15, 0.2) is 30.3 Å². The zero-order chi connectivity index (χ0) is 32.4. The lowest BCUT2D eigenvalue weighted by Gasteiger charge is -2.30. The van der Waals surface area contributed by atoms with Crippen molar-refractivity contribution in [3.05, 3.63) is 47.5 Å². The highest BCUT2D eigenvalue weighted by Gasteiger charge is 2.32. The van der Waals surface area contributed by atoms with Crippen molar-refractivity contribution in [1.29, 1.82) is 0 Å². The molecule has 0 bridgehead atoms. The molecule has 2 aliphatic rings. The molecular weight excluding hydrogens is 584 g/mol. The summed E-state index contributed by atoms with van der Waals surface area (Å²) in [4.78, 5) is 11.8. The summed E-state index contributed by atoms with van der Waals surface area (Å²) in [5, 5.41) is 12.3. The van der Waals surface area contributed by atoms with E-state index in [-0.39, 0.29) is 34.8 Å². The number of aromatic nitrogens is 2. The summed E-state index contributed by atoms with van der Waals surface area (Å²) in [6, 6.07) is 7.96. The maximum atomic E-state index is 17.0. The number of phenolic OH excluding ortho intramolecular Hbond substituents is 1. The van der Waals surface area contributed by atoms with Gasteiger partial charge in [0.1, 0.15) is 29.4 Å². The third-order valence-corrected chi connectivity index (χ3v) is 9.82. The zero-order valence-corrected chi connectivity index (χ0v) is 27.0. The topological polar surface area (TPSA) is 67.7 Å². The largest absolute Gasteiger partial charge is 0.508 e. The minimum atomic E-state index is -0.665. The molecule has 8 heteroatoms. The maximum absolute atomic E-state index is 17.0. The maximum Gasteiger partial charge on any atom is 0.225 e. The first kappa shape index (κ1) is 31.8. The number of fused-ring (bicyclic) bond motifs is 3. The molecule has 0 amide bonds. The van der Waals surface area contributed by atoms with E-state index in [2.05, 4.69) is 24.7 Å². The molecule has 3 unspecified atom stereocenters. The van der Waals surface area contributed by atoms with Gasteiger partial charge in [-0.2, -0.15) is 0 Å². The third-order valence-electron chi connectivity index (χ3n) is 9.82. The van der Waals surface area contributed by atoms with Gasteiger partial charge in [-0.3, -0.25) is 0 Å². The smallest absolute Gasteiger partial charge is 0.225 e. The first-order valence-corrected chi connectivity index (χ1v) is 16.8. The van der Waals surface area contributed by atoms with Gasteiger partial charge in [-0.1, -0.05) is 52.5 Å². The molecule has 2 aliphatic heterocycles. The van der Waals surface area contributed by atoms with E-state index in [0.29, 0.717) is 58.7 Å². The van der Waals surface area contributed by atoms with Gasteiger partial charge < -0.3 is 19.5 Å². The van der Waals surface area contributed by atoms with Crippen LogP contribution in [-0.4, -0.2) is 40.9 Å². The van der Waals surface area contributed by atoms with Gasteiger partial charge in [0.2, 0.25) is 11.8 Å². The number of benzene rings is 2. The average molecular weight is 628 g/mol. The van der Waals surface area contributed by atoms with Crippen molar-refractivity contribution in [3.8, 4) is 41.1 Å². The van der Waals surface area contributed by atoms with E-state index < -0.39 is 11.6 Å². The molecule has 6 nitrogen and oxygen atoms in total. The number of aromatic hydroxyl groups is 1. The molecule has 4 heterocycles. The minimum Gasteiger partial charge on any atom is -0.508 e. The van der Waals surface area contributed by atoms with Crippen molar-refractivity contribution >= 4 is 27.4 Å².